The Morgan fingerprint density at radius 3 is 2.85 bits per heavy atom. The van der Waals surface area contributed by atoms with Gasteiger partial charge in [0.05, 0.1) is 18.4 Å². The highest BCUT2D eigenvalue weighted by Gasteiger charge is 2.21. The van der Waals surface area contributed by atoms with E-state index >= 15 is 0 Å². The highest BCUT2D eigenvalue weighted by Crippen LogP contribution is 2.28. The smallest absolute Gasteiger partial charge is 0.339 e. The number of aromatic amines is 1. The molecular formula is C18H16ClN3O4. The van der Waals surface area contributed by atoms with Crippen molar-refractivity contribution >= 4 is 40.2 Å². The van der Waals surface area contributed by atoms with Crippen LogP contribution in [0.1, 0.15) is 17.3 Å². The molecule has 0 bridgehead atoms. The van der Waals surface area contributed by atoms with Gasteiger partial charge in [0.2, 0.25) is 0 Å². The minimum absolute atomic E-state index is 0.330. The Kier molecular flexibility index (Phi) is 5.09. The van der Waals surface area contributed by atoms with E-state index in [0.29, 0.717) is 33.1 Å². The Morgan fingerprint density at radius 2 is 2.08 bits per heavy atom. The minimum Gasteiger partial charge on any atom is -0.495 e. The third kappa shape index (κ3) is 3.62. The van der Waals surface area contributed by atoms with Gasteiger partial charge in [0, 0.05) is 22.8 Å². The molecule has 0 saturated carbocycles. The summed E-state index contributed by atoms with van der Waals surface area (Å²) in [6.45, 7) is 1.49. The fraction of sp³-hybridized carbons (Fsp3) is 0.167. The summed E-state index contributed by atoms with van der Waals surface area (Å²) in [5, 5.41) is 3.72. The Hall–Kier alpha value is -3.06. The first-order valence-corrected chi connectivity index (χ1v) is 8.15. The van der Waals surface area contributed by atoms with Crippen LogP contribution < -0.4 is 10.1 Å². The van der Waals surface area contributed by atoms with Crippen molar-refractivity contribution in [3.05, 3.63) is 53.3 Å². The van der Waals surface area contributed by atoms with Gasteiger partial charge in [-0.15, -0.1) is 0 Å². The summed E-state index contributed by atoms with van der Waals surface area (Å²) in [5.41, 5.74) is 1.29. The van der Waals surface area contributed by atoms with Gasteiger partial charge in [-0.3, -0.25) is 4.79 Å². The topological polar surface area (TPSA) is 93.3 Å². The van der Waals surface area contributed by atoms with Crippen LogP contribution in [0.4, 0.5) is 5.69 Å². The van der Waals surface area contributed by atoms with Crippen molar-refractivity contribution in [2.24, 2.45) is 0 Å². The molecule has 3 aromatic rings. The molecule has 0 fully saturated rings. The van der Waals surface area contributed by atoms with Gasteiger partial charge in [0.15, 0.2) is 6.10 Å². The van der Waals surface area contributed by atoms with E-state index in [2.05, 4.69) is 15.3 Å². The van der Waals surface area contributed by atoms with Gasteiger partial charge >= 0.3 is 5.97 Å². The number of nitrogens with one attached hydrogen (secondary N) is 2. The lowest BCUT2D eigenvalue weighted by atomic mass is 10.2. The maximum absolute atomic E-state index is 12.4. The Morgan fingerprint density at radius 1 is 1.27 bits per heavy atom. The van der Waals surface area contributed by atoms with Gasteiger partial charge in [0.1, 0.15) is 11.4 Å². The maximum atomic E-state index is 12.4. The van der Waals surface area contributed by atoms with Crippen LogP contribution in [0.25, 0.3) is 11.0 Å². The molecule has 1 unspecified atom stereocenters. The molecule has 2 aromatic heterocycles. The maximum Gasteiger partial charge on any atom is 0.339 e. The predicted octanol–water partition coefficient (Wildman–Crippen LogP) is 3.41. The number of anilines is 1. The van der Waals surface area contributed by atoms with E-state index in [4.69, 9.17) is 21.1 Å². The molecule has 2 N–H and O–H groups in total. The molecule has 0 saturated heterocycles. The monoisotopic (exact) mass is 373 g/mol. The third-order valence-electron chi connectivity index (χ3n) is 3.75. The number of esters is 1. The van der Waals surface area contributed by atoms with Crippen molar-refractivity contribution in [1.29, 1.82) is 0 Å². The molecule has 0 aliphatic rings. The van der Waals surface area contributed by atoms with E-state index in [0.717, 1.165) is 0 Å². The zero-order valence-corrected chi connectivity index (χ0v) is 14.8. The van der Waals surface area contributed by atoms with Crippen LogP contribution in [0.15, 0.2) is 42.7 Å². The second-order valence-electron chi connectivity index (χ2n) is 5.48. The molecule has 7 nitrogen and oxygen atoms in total. The number of hydrogen-bond acceptors (Lipinski definition) is 5. The number of carbonyl (C=O) groups is 2. The van der Waals surface area contributed by atoms with E-state index in [-0.39, 0.29) is 0 Å². The number of halogens is 1. The standard InChI is InChI=1S/C18H16ClN3O4/c1-10(17(23)22-14-9-11(19)3-4-15(14)25-2)26-18(24)13-6-8-21-16-12(13)5-7-20-16/h3-10H,1-2H3,(H,20,21)(H,22,23). The van der Waals surface area contributed by atoms with E-state index in [1.807, 2.05) is 0 Å². The van der Waals surface area contributed by atoms with Crippen molar-refractivity contribution in [3.8, 4) is 5.75 Å². The van der Waals surface area contributed by atoms with Crippen LogP contribution in [0.3, 0.4) is 0 Å². The van der Waals surface area contributed by atoms with Gasteiger partial charge in [0.25, 0.3) is 5.91 Å². The first-order valence-electron chi connectivity index (χ1n) is 7.77. The number of amides is 1. The number of carbonyl (C=O) groups excluding carboxylic acids is 2. The molecular weight excluding hydrogens is 358 g/mol. The summed E-state index contributed by atoms with van der Waals surface area (Å²) in [6, 6.07) is 8.10. The quantitative estimate of drug-likeness (QED) is 0.668. The molecule has 26 heavy (non-hydrogen) atoms. The molecule has 0 aliphatic heterocycles. The zero-order valence-electron chi connectivity index (χ0n) is 14.1. The average molecular weight is 374 g/mol. The number of H-pyrrole nitrogens is 1. The van der Waals surface area contributed by atoms with Gasteiger partial charge in [-0.25, -0.2) is 9.78 Å². The number of rotatable bonds is 5. The van der Waals surface area contributed by atoms with E-state index in [9.17, 15) is 9.59 Å². The molecule has 8 heteroatoms. The summed E-state index contributed by atoms with van der Waals surface area (Å²) in [5.74, 6) is -0.666. The molecule has 3 rings (SSSR count). The summed E-state index contributed by atoms with van der Waals surface area (Å²) in [7, 11) is 1.48. The summed E-state index contributed by atoms with van der Waals surface area (Å²) in [4.78, 5) is 31.8. The number of aromatic nitrogens is 2. The summed E-state index contributed by atoms with van der Waals surface area (Å²) < 4.78 is 10.5. The average Bonchev–Trinajstić information content (AvgIpc) is 3.10. The SMILES string of the molecule is COc1ccc(Cl)cc1NC(=O)C(C)OC(=O)c1ccnc2[nH]ccc12. The number of ether oxygens (including phenoxy) is 2. The molecule has 0 spiro atoms. The van der Waals surface area contributed by atoms with Crippen molar-refractivity contribution < 1.29 is 19.1 Å². The second kappa shape index (κ2) is 7.45. The van der Waals surface area contributed by atoms with Crippen LogP contribution in [-0.2, 0) is 9.53 Å². The molecule has 1 aromatic carbocycles. The number of methoxy groups -OCH3 is 1. The number of benzene rings is 1. The normalized spacial score (nSPS) is 11.8. The lowest BCUT2D eigenvalue weighted by Gasteiger charge is -2.15. The molecule has 0 aliphatic carbocycles. The predicted molar refractivity (Wildman–Crippen MR) is 97.6 cm³/mol. The van der Waals surface area contributed by atoms with Crippen LogP contribution >= 0.6 is 11.6 Å². The van der Waals surface area contributed by atoms with Gasteiger partial charge < -0.3 is 19.8 Å². The molecule has 0 radical (unpaired) electrons. The van der Waals surface area contributed by atoms with Crippen molar-refractivity contribution in [1.82, 2.24) is 9.97 Å². The lowest BCUT2D eigenvalue weighted by Crippen LogP contribution is -2.30. The minimum atomic E-state index is -1.02. The lowest BCUT2D eigenvalue weighted by molar-refractivity contribution is -0.123. The largest absolute Gasteiger partial charge is 0.495 e. The number of nitrogens with zero attached hydrogens (tertiary/aromatic N) is 1. The van der Waals surface area contributed by atoms with Gasteiger partial charge in [-0.05, 0) is 37.3 Å². The Labute approximate surface area is 154 Å². The molecule has 1 atom stereocenters. The first kappa shape index (κ1) is 17.8. The second-order valence-corrected chi connectivity index (χ2v) is 5.92. The first-order chi connectivity index (χ1) is 12.5. The van der Waals surface area contributed by atoms with E-state index in [1.54, 1.807) is 36.5 Å². The van der Waals surface area contributed by atoms with Crippen molar-refractivity contribution in [2.75, 3.05) is 12.4 Å². The number of pyridine rings is 1. The highest BCUT2D eigenvalue weighted by atomic mass is 35.5. The fourth-order valence-electron chi connectivity index (χ4n) is 2.43. The van der Waals surface area contributed by atoms with Crippen LogP contribution in [0.2, 0.25) is 5.02 Å². The van der Waals surface area contributed by atoms with Crippen LogP contribution in [0, 0.1) is 0 Å². The van der Waals surface area contributed by atoms with Crippen LogP contribution in [0.5, 0.6) is 5.75 Å². The third-order valence-corrected chi connectivity index (χ3v) is 3.99. The van der Waals surface area contributed by atoms with Crippen molar-refractivity contribution in [2.45, 2.75) is 13.0 Å². The fourth-order valence-corrected chi connectivity index (χ4v) is 2.60. The number of hydrogen-bond donors (Lipinski definition) is 2. The molecule has 1 amide bonds. The Balaban J connectivity index is 1.72. The molecule has 2 heterocycles. The Bertz CT molecular complexity index is 970. The van der Waals surface area contributed by atoms with Gasteiger partial charge in [-0.1, -0.05) is 11.6 Å². The van der Waals surface area contributed by atoms with Crippen molar-refractivity contribution in [3.63, 3.8) is 0 Å². The summed E-state index contributed by atoms with van der Waals surface area (Å²) >= 11 is 5.94. The van der Waals surface area contributed by atoms with E-state index in [1.165, 1.54) is 20.2 Å². The zero-order chi connectivity index (χ0) is 18.7. The number of fused-ring (bicyclic) bond motifs is 1. The summed E-state index contributed by atoms with van der Waals surface area (Å²) in [6.07, 6.45) is 2.15. The van der Waals surface area contributed by atoms with E-state index < -0.39 is 18.0 Å². The van der Waals surface area contributed by atoms with Crippen LogP contribution in [-0.4, -0.2) is 35.1 Å². The van der Waals surface area contributed by atoms with Gasteiger partial charge in [-0.2, -0.15) is 0 Å². The molecule has 134 valence electrons. The highest BCUT2D eigenvalue weighted by molar-refractivity contribution is 6.31.